The molecule has 3 aliphatic rings. The van der Waals surface area contributed by atoms with Gasteiger partial charge in [0.05, 0.1) is 0 Å². The Balaban J connectivity index is 2.08. The molecule has 0 N–H and O–H groups in total. The zero-order valence-electron chi connectivity index (χ0n) is 6.49. The fourth-order valence-corrected chi connectivity index (χ4v) is 2.54. The maximum absolute atomic E-state index is 11.0. The third-order valence-corrected chi connectivity index (χ3v) is 3.31. The van der Waals surface area contributed by atoms with E-state index in [0.29, 0.717) is 5.92 Å². The highest BCUT2D eigenvalue weighted by Gasteiger charge is 2.36. The summed E-state index contributed by atoms with van der Waals surface area (Å²) in [6.45, 7) is 3.36. The summed E-state index contributed by atoms with van der Waals surface area (Å²) in [4.78, 5) is 13.4. The van der Waals surface area contributed by atoms with Gasteiger partial charge >= 0.3 is 0 Å². The number of nitrogens with zero attached hydrogens (tertiary/aromatic N) is 1. The first-order valence-electron chi connectivity index (χ1n) is 4.22. The monoisotopic (exact) mass is 171 g/mol. The van der Waals surface area contributed by atoms with Gasteiger partial charge in [-0.15, -0.1) is 12.6 Å². The van der Waals surface area contributed by atoms with Gasteiger partial charge in [-0.2, -0.15) is 0 Å². The van der Waals surface area contributed by atoms with E-state index in [0.717, 1.165) is 6.54 Å². The Bertz CT molecular complexity index is 175. The normalized spacial score (nSPS) is 42.5. The maximum Gasteiger partial charge on any atom is 0.190 e. The summed E-state index contributed by atoms with van der Waals surface area (Å²) in [7, 11) is 0. The number of carbonyl (C=O) groups is 1. The van der Waals surface area contributed by atoms with Crippen LogP contribution < -0.4 is 0 Å². The third-order valence-electron chi connectivity index (χ3n) is 2.97. The summed E-state index contributed by atoms with van der Waals surface area (Å²) in [6.07, 6.45) is 2.41. The van der Waals surface area contributed by atoms with Crippen LogP contribution in [-0.2, 0) is 4.79 Å². The number of fused-ring (bicyclic) bond motifs is 3. The van der Waals surface area contributed by atoms with Crippen molar-refractivity contribution in [3.05, 3.63) is 0 Å². The molecule has 2 nitrogen and oxygen atoms in total. The second kappa shape index (κ2) is 2.79. The second-order valence-corrected chi connectivity index (χ2v) is 4.02. The zero-order valence-corrected chi connectivity index (χ0v) is 7.39. The highest BCUT2D eigenvalue weighted by molar-refractivity contribution is 7.96. The van der Waals surface area contributed by atoms with Crippen LogP contribution in [-0.4, -0.2) is 29.6 Å². The molecule has 0 aromatic rings. The fraction of sp³-hybridized carbons (Fsp3) is 0.875. The first-order valence-corrected chi connectivity index (χ1v) is 4.67. The van der Waals surface area contributed by atoms with Crippen molar-refractivity contribution in [1.29, 1.82) is 0 Å². The van der Waals surface area contributed by atoms with Gasteiger partial charge in [0.1, 0.15) is 0 Å². The van der Waals surface area contributed by atoms with E-state index in [9.17, 15) is 4.79 Å². The average molecular weight is 171 g/mol. The molecule has 11 heavy (non-hydrogen) atoms. The summed E-state index contributed by atoms with van der Waals surface area (Å²) in [5.41, 5.74) is 0. The smallest absolute Gasteiger partial charge is 0.190 e. The van der Waals surface area contributed by atoms with Crippen LogP contribution in [0.1, 0.15) is 12.8 Å². The third kappa shape index (κ3) is 1.32. The Hall–Kier alpha value is -0.0200. The molecule has 3 aliphatic heterocycles. The predicted octanol–water partition coefficient (Wildman–Crippen LogP) is 0.785. The molecular formula is C8H13NOS. The summed E-state index contributed by atoms with van der Waals surface area (Å²) in [6, 6.07) is 0. The van der Waals surface area contributed by atoms with Gasteiger partial charge in [-0.3, -0.25) is 4.79 Å². The van der Waals surface area contributed by atoms with Crippen LogP contribution in [0.15, 0.2) is 0 Å². The van der Waals surface area contributed by atoms with Crippen molar-refractivity contribution in [2.75, 3.05) is 19.6 Å². The van der Waals surface area contributed by atoms with Crippen molar-refractivity contribution < 1.29 is 4.79 Å². The van der Waals surface area contributed by atoms with Crippen molar-refractivity contribution in [2.45, 2.75) is 12.8 Å². The van der Waals surface area contributed by atoms with Gasteiger partial charge in [0, 0.05) is 12.5 Å². The lowest BCUT2D eigenvalue weighted by molar-refractivity contribution is -0.119. The molecule has 0 aliphatic carbocycles. The Labute approximate surface area is 72.4 Å². The molecule has 3 saturated heterocycles. The molecular weight excluding hydrogens is 158 g/mol. The molecule has 1 unspecified atom stereocenters. The van der Waals surface area contributed by atoms with Crippen molar-refractivity contribution in [2.24, 2.45) is 11.8 Å². The van der Waals surface area contributed by atoms with E-state index in [4.69, 9.17) is 0 Å². The number of hydrogen-bond donors (Lipinski definition) is 1. The van der Waals surface area contributed by atoms with Gasteiger partial charge in [0.2, 0.25) is 0 Å². The number of thiol groups is 1. The van der Waals surface area contributed by atoms with Gasteiger partial charge in [-0.05, 0) is 31.8 Å². The van der Waals surface area contributed by atoms with Crippen molar-refractivity contribution in [1.82, 2.24) is 4.90 Å². The minimum atomic E-state index is 0.0967. The van der Waals surface area contributed by atoms with E-state index in [1.807, 2.05) is 0 Å². The Morgan fingerprint density at radius 1 is 1.36 bits per heavy atom. The highest BCUT2D eigenvalue weighted by Crippen LogP contribution is 2.33. The topological polar surface area (TPSA) is 20.3 Å². The molecule has 3 heterocycles. The molecule has 62 valence electrons. The Kier molecular flexibility index (Phi) is 1.93. The van der Waals surface area contributed by atoms with Crippen LogP contribution in [0.2, 0.25) is 0 Å². The van der Waals surface area contributed by atoms with Gasteiger partial charge < -0.3 is 4.90 Å². The standard InChI is InChI=1S/C8H13NOS/c10-8(11)7-5-9-3-1-6(7)2-4-9/h6-7H,1-5H2,(H,10,11). The minimum Gasteiger partial charge on any atom is -0.303 e. The number of piperidine rings is 3. The maximum atomic E-state index is 11.0. The van der Waals surface area contributed by atoms with E-state index < -0.39 is 0 Å². The number of rotatable bonds is 1. The number of carbonyl (C=O) groups excluding carboxylic acids is 1. The van der Waals surface area contributed by atoms with Crippen molar-refractivity contribution in [3.63, 3.8) is 0 Å². The highest BCUT2D eigenvalue weighted by atomic mass is 32.1. The Morgan fingerprint density at radius 3 is 2.27 bits per heavy atom. The molecule has 0 saturated carbocycles. The van der Waals surface area contributed by atoms with Crippen molar-refractivity contribution in [3.8, 4) is 0 Å². The molecule has 3 heteroatoms. The van der Waals surface area contributed by atoms with Gasteiger partial charge in [0.25, 0.3) is 0 Å². The molecule has 2 bridgehead atoms. The molecule has 0 amide bonds. The van der Waals surface area contributed by atoms with E-state index >= 15 is 0 Å². The second-order valence-electron chi connectivity index (χ2n) is 3.58. The fourth-order valence-electron chi connectivity index (χ4n) is 2.24. The molecule has 1 atom stereocenters. The molecule has 0 aromatic heterocycles. The zero-order chi connectivity index (χ0) is 7.84. The molecule has 3 fully saturated rings. The van der Waals surface area contributed by atoms with Crippen LogP contribution in [0.3, 0.4) is 0 Å². The Morgan fingerprint density at radius 2 is 2.00 bits per heavy atom. The van der Waals surface area contributed by atoms with Gasteiger partial charge in [-0.1, -0.05) is 0 Å². The predicted molar refractivity (Wildman–Crippen MR) is 46.6 cm³/mol. The largest absolute Gasteiger partial charge is 0.303 e. The van der Waals surface area contributed by atoms with Gasteiger partial charge in [0.15, 0.2) is 5.12 Å². The SMILES string of the molecule is O=C(S)C1CN2CCC1CC2. The lowest BCUT2D eigenvalue weighted by Crippen LogP contribution is -2.49. The van der Waals surface area contributed by atoms with Crippen LogP contribution >= 0.6 is 12.6 Å². The minimum absolute atomic E-state index is 0.0967. The molecule has 0 radical (unpaired) electrons. The van der Waals surface area contributed by atoms with Crippen LogP contribution in [0.25, 0.3) is 0 Å². The molecule has 3 rings (SSSR count). The summed E-state index contributed by atoms with van der Waals surface area (Å²) < 4.78 is 0. The van der Waals surface area contributed by atoms with Crippen LogP contribution in [0.5, 0.6) is 0 Å². The summed E-state index contributed by atoms with van der Waals surface area (Å²) in [5, 5.41) is 0.0967. The summed E-state index contributed by atoms with van der Waals surface area (Å²) in [5.74, 6) is 0.880. The van der Waals surface area contributed by atoms with Crippen molar-refractivity contribution >= 4 is 17.7 Å². The lowest BCUT2D eigenvalue weighted by Gasteiger charge is -2.43. The first-order chi connectivity index (χ1) is 5.27. The summed E-state index contributed by atoms with van der Waals surface area (Å²) >= 11 is 3.91. The first kappa shape index (κ1) is 7.62. The van der Waals surface area contributed by atoms with E-state index in [-0.39, 0.29) is 11.0 Å². The van der Waals surface area contributed by atoms with Crippen LogP contribution in [0, 0.1) is 11.8 Å². The van der Waals surface area contributed by atoms with Crippen LogP contribution in [0.4, 0.5) is 0 Å². The average Bonchev–Trinajstić information content (AvgIpc) is 2.06. The van der Waals surface area contributed by atoms with E-state index in [1.54, 1.807) is 0 Å². The van der Waals surface area contributed by atoms with E-state index in [2.05, 4.69) is 17.5 Å². The van der Waals surface area contributed by atoms with Gasteiger partial charge in [-0.25, -0.2) is 0 Å². The quantitative estimate of drug-likeness (QED) is 0.588. The molecule has 0 aromatic carbocycles. The van der Waals surface area contributed by atoms with E-state index in [1.165, 1.54) is 25.9 Å². The lowest BCUT2D eigenvalue weighted by atomic mass is 9.80. The molecule has 0 spiro atoms. The number of hydrogen-bond acceptors (Lipinski definition) is 2.